The van der Waals surface area contributed by atoms with Gasteiger partial charge in [0.15, 0.2) is 0 Å². The fourth-order valence-corrected chi connectivity index (χ4v) is 10.1. The minimum Gasteiger partial charge on any atom is -0.395 e. The largest absolute Gasteiger partial charge is 0.395 e. The maximum absolute atomic E-state index is 14.4. The molecule has 22 nitrogen and oxygen atoms in total. The second-order valence-corrected chi connectivity index (χ2v) is 24.9. The van der Waals surface area contributed by atoms with E-state index in [9.17, 15) is 47.9 Å². The molecular weight excluding hydrogens is 1040 g/mol. The number of amides is 10. The van der Waals surface area contributed by atoms with Crippen molar-refractivity contribution in [2.24, 2.45) is 17.8 Å². The van der Waals surface area contributed by atoms with E-state index in [4.69, 9.17) is 5.11 Å². The molecule has 2 fully saturated rings. The van der Waals surface area contributed by atoms with Gasteiger partial charge in [-0.25, -0.2) is 0 Å². The van der Waals surface area contributed by atoms with Crippen molar-refractivity contribution < 1.29 is 53.1 Å². The van der Waals surface area contributed by atoms with Gasteiger partial charge < -0.3 is 63.2 Å². The number of aliphatic hydroxyl groups is 1. The third-order valence-corrected chi connectivity index (χ3v) is 15.0. The maximum Gasteiger partial charge on any atom is 0.246 e. The van der Waals surface area contributed by atoms with Crippen LogP contribution in [0.15, 0.2) is 0 Å². The van der Waals surface area contributed by atoms with Crippen LogP contribution in [-0.2, 0) is 47.9 Å². The summed E-state index contributed by atoms with van der Waals surface area (Å²) in [4.78, 5) is 139. The van der Waals surface area contributed by atoms with E-state index in [1.807, 2.05) is 34.6 Å². The molecule has 1 saturated carbocycles. The molecule has 22 heteroatoms. The van der Waals surface area contributed by atoms with E-state index in [-0.39, 0.29) is 68.4 Å². The van der Waals surface area contributed by atoms with E-state index in [0.29, 0.717) is 64.7 Å². The summed E-state index contributed by atoms with van der Waals surface area (Å²) in [6, 6.07) is -4.94. The monoisotopic (exact) mass is 1150 g/mol. The number of nitrogens with zero attached hydrogens (tertiary/aromatic N) is 1. The molecule has 10 amide bonds. The smallest absolute Gasteiger partial charge is 0.246 e. The number of hydrogen-bond donors (Lipinski definition) is 11. The highest BCUT2D eigenvalue weighted by Crippen LogP contribution is 2.28. The molecule has 5 atom stereocenters. The lowest BCUT2D eigenvalue weighted by Crippen LogP contribution is -2.66. The van der Waals surface area contributed by atoms with Crippen LogP contribution in [0.25, 0.3) is 0 Å². The SMILES string of the molecule is CCCCCCCC[C@H](NC(=O)C(C)(C)NC(=O)C(C)(C)NC(=O)[C@H](CC1CCCCC1)NC(=O)[C@@H]1CCCN1C(=O)CCC)C(=O)N[C@@H](CC(C)C)C(=O)NC(C)(C)C(=O)N[C@@H](CC(C)C)C(=O)NCCC(=O)NCCNCCO. The second kappa shape index (κ2) is 36.3. The zero-order valence-corrected chi connectivity index (χ0v) is 51.5. The Labute approximate surface area is 484 Å². The molecule has 464 valence electrons. The molecule has 0 radical (unpaired) electrons. The Morgan fingerprint density at radius 3 is 1.67 bits per heavy atom. The lowest BCUT2D eigenvalue weighted by molar-refractivity contribution is -0.141. The van der Waals surface area contributed by atoms with Crippen LogP contribution >= 0.6 is 0 Å². The van der Waals surface area contributed by atoms with Crippen LogP contribution in [-0.4, -0.2) is 155 Å². The van der Waals surface area contributed by atoms with E-state index < -0.39 is 94.1 Å². The number of likely N-dealkylation sites (tertiary alicyclic amines) is 1. The molecule has 0 aromatic carbocycles. The summed E-state index contributed by atoms with van der Waals surface area (Å²) in [6.07, 6.45) is 13.4. The van der Waals surface area contributed by atoms with Crippen molar-refractivity contribution in [3.63, 3.8) is 0 Å². The van der Waals surface area contributed by atoms with Crippen LogP contribution in [0.2, 0.25) is 0 Å². The molecule has 11 N–H and O–H groups in total. The first-order valence-corrected chi connectivity index (χ1v) is 30.4. The molecule has 0 bridgehead atoms. The van der Waals surface area contributed by atoms with E-state index in [2.05, 4.69) is 60.1 Å². The average molecular weight is 1150 g/mol. The van der Waals surface area contributed by atoms with Gasteiger partial charge in [0.2, 0.25) is 59.1 Å². The van der Waals surface area contributed by atoms with Gasteiger partial charge >= 0.3 is 0 Å². The first-order chi connectivity index (χ1) is 38.1. The standard InChI is InChI=1S/C59H107N11O11/c1-13-15-16-17-18-22-27-42(50(75)63-44(37-40(5)6)51(76)67-57(7,8)54(79)66-43(36-39(3)4)49(74)62-30-29-47(72)61-32-31-60-33-35-71)65-55(80)58(9,10)69-56(81)59(11,12)68-52(77)45(38-41-25-20-19-21-26-41)64-53(78)46-28-23-34-70(46)48(73)24-14-2/h39-46,60,71H,13-38H2,1-12H3,(H,61,72)(H,62,74)(H,63,75)(H,64,78)(H,65,80)(H,66,79)(H,67,76)(H,68,77)(H,69,81)/t42-,43-,44-,45-,46-/m0/s1. The highest BCUT2D eigenvalue weighted by atomic mass is 16.3. The Kier molecular flexibility index (Phi) is 32.1. The minimum atomic E-state index is -1.63. The Morgan fingerprint density at radius 2 is 1.07 bits per heavy atom. The van der Waals surface area contributed by atoms with Crippen molar-refractivity contribution in [1.29, 1.82) is 0 Å². The van der Waals surface area contributed by atoms with Crippen molar-refractivity contribution >= 4 is 59.1 Å². The molecule has 0 aromatic rings. The van der Waals surface area contributed by atoms with Gasteiger partial charge in [-0.05, 0) is 104 Å². The molecule has 0 aromatic heterocycles. The summed E-state index contributed by atoms with van der Waals surface area (Å²) in [7, 11) is 0. The van der Waals surface area contributed by atoms with Crippen molar-refractivity contribution in [1.82, 2.24) is 58.1 Å². The van der Waals surface area contributed by atoms with Gasteiger partial charge in [-0.1, -0.05) is 112 Å². The predicted octanol–water partition coefficient (Wildman–Crippen LogP) is 3.42. The molecule has 1 aliphatic carbocycles. The fourth-order valence-electron chi connectivity index (χ4n) is 10.1. The van der Waals surface area contributed by atoms with Gasteiger partial charge in [-0.2, -0.15) is 0 Å². The first-order valence-electron chi connectivity index (χ1n) is 30.4. The zero-order valence-electron chi connectivity index (χ0n) is 51.5. The van der Waals surface area contributed by atoms with Gasteiger partial charge in [0, 0.05) is 45.6 Å². The number of nitrogens with one attached hydrogen (secondary N) is 10. The van der Waals surface area contributed by atoms with Crippen molar-refractivity contribution in [3.8, 4) is 0 Å². The summed E-state index contributed by atoms with van der Waals surface area (Å²) < 4.78 is 0. The summed E-state index contributed by atoms with van der Waals surface area (Å²) in [5.74, 6) is -5.13. The van der Waals surface area contributed by atoms with E-state index in [1.165, 1.54) is 41.5 Å². The number of carbonyl (C=O) groups excluding carboxylic acids is 10. The van der Waals surface area contributed by atoms with E-state index in [0.717, 1.165) is 64.2 Å². The van der Waals surface area contributed by atoms with Gasteiger partial charge in [-0.3, -0.25) is 47.9 Å². The van der Waals surface area contributed by atoms with Gasteiger partial charge in [0.05, 0.1) is 6.61 Å². The molecule has 0 spiro atoms. The van der Waals surface area contributed by atoms with Crippen LogP contribution in [0.4, 0.5) is 0 Å². The third-order valence-electron chi connectivity index (χ3n) is 15.0. The topological polar surface area (TPSA) is 314 Å². The van der Waals surface area contributed by atoms with Crippen LogP contribution in [0.1, 0.15) is 212 Å². The van der Waals surface area contributed by atoms with Gasteiger partial charge in [-0.15, -0.1) is 0 Å². The first kappa shape index (κ1) is 71.7. The van der Waals surface area contributed by atoms with Crippen LogP contribution < -0.4 is 53.2 Å². The van der Waals surface area contributed by atoms with Gasteiger partial charge in [0.1, 0.15) is 46.8 Å². The van der Waals surface area contributed by atoms with Crippen LogP contribution in [0, 0.1) is 17.8 Å². The lowest BCUT2D eigenvalue weighted by Gasteiger charge is -2.35. The van der Waals surface area contributed by atoms with E-state index in [1.54, 1.807) is 4.90 Å². The number of unbranched alkanes of at least 4 members (excludes halogenated alkanes) is 5. The Bertz CT molecular complexity index is 2040. The highest BCUT2D eigenvalue weighted by Gasteiger charge is 2.42. The average Bonchev–Trinajstić information content (AvgIpc) is 3.89. The minimum absolute atomic E-state index is 0.00619. The lowest BCUT2D eigenvalue weighted by atomic mass is 9.84. The number of rotatable bonds is 38. The fraction of sp³-hybridized carbons (Fsp3) is 0.831. The molecule has 2 aliphatic rings. The summed E-state index contributed by atoms with van der Waals surface area (Å²) in [5, 5.41) is 37.1. The van der Waals surface area contributed by atoms with Crippen molar-refractivity contribution in [2.75, 3.05) is 39.3 Å². The zero-order chi connectivity index (χ0) is 60.9. The van der Waals surface area contributed by atoms with Crippen molar-refractivity contribution in [2.45, 2.75) is 258 Å². The molecule has 1 saturated heterocycles. The van der Waals surface area contributed by atoms with Crippen molar-refractivity contribution in [3.05, 3.63) is 0 Å². The summed E-state index contributed by atoms with van der Waals surface area (Å²) in [5.41, 5.74) is -4.79. The van der Waals surface area contributed by atoms with Gasteiger partial charge in [0.25, 0.3) is 0 Å². The number of carbonyl (C=O) groups is 10. The molecule has 2 rings (SSSR count). The normalized spacial score (nSPS) is 16.6. The quantitative estimate of drug-likeness (QED) is 0.0397. The molecular formula is C59H107N11O11. The second-order valence-electron chi connectivity index (χ2n) is 24.9. The third kappa shape index (κ3) is 26.6. The highest BCUT2D eigenvalue weighted by molar-refractivity contribution is 6.00. The Hall–Kier alpha value is -5.38. The maximum atomic E-state index is 14.4. The number of hydrogen-bond acceptors (Lipinski definition) is 12. The molecule has 0 unspecified atom stereocenters. The molecule has 1 heterocycles. The van der Waals surface area contributed by atoms with Crippen LogP contribution in [0.3, 0.4) is 0 Å². The predicted molar refractivity (Wildman–Crippen MR) is 313 cm³/mol. The number of aliphatic hydroxyl groups excluding tert-OH is 1. The summed E-state index contributed by atoms with van der Waals surface area (Å²) >= 11 is 0. The Morgan fingerprint density at radius 1 is 0.519 bits per heavy atom. The van der Waals surface area contributed by atoms with E-state index >= 15 is 0 Å². The molecule has 81 heavy (non-hydrogen) atoms. The molecule has 1 aliphatic heterocycles. The Balaban J connectivity index is 2.26. The van der Waals surface area contributed by atoms with Crippen LogP contribution in [0.5, 0.6) is 0 Å². The summed E-state index contributed by atoms with van der Waals surface area (Å²) in [6.45, 7) is 22.2.